The first kappa shape index (κ1) is 16.7. The molecule has 128 valence electrons. The SMILES string of the molecule is CCc1ccccc1NC(=O)C(C)(C)CN1CCn2ccnc2C1. The summed E-state index contributed by atoms with van der Waals surface area (Å²) in [6.07, 6.45) is 4.77. The maximum absolute atomic E-state index is 12.8. The normalized spacial score (nSPS) is 15.1. The van der Waals surface area contributed by atoms with Crippen LogP contribution in [0.25, 0.3) is 0 Å². The van der Waals surface area contributed by atoms with E-state index >= 15 is 0 Å². The number of para-hydroxylation sites is 1. The van der Waals surface area contributed by atoms with E-state index in [2.05, 4.69) is 32.8 Å². The topological polar surface area (TPSA) is 50.2 Å². The van der Waals surface area contributed by atoms with Crippen molar-refractivity contribution in [2.75, 3.05) is 18.4 Å². The van der Waals surface area contributed by atoms with Crippen molar-refractivity contribution in [2.45, 2.75) is 40.3 Å². The molecule has 0 saturated carbocycles. The number of carbonyl (C=O) groups is 1. The Hall–Kier alpha value is -2.14. The van der Waals surface area contributed by atoms with E-state index in [9.17, 15) is 4.79 Å². The lowest BCUT2D eigenvalue weighted by atomic mass is 9.91. The van der Waals surface area contributed by atoms with Gasteiger partial charge in [0.2, 0.25) is 5.91 Å². The highest BCUT2D eigenvalue weighted by Gasteiger charge is 2.32. The summed E-state index contributed by atoms with van der Waals surface area (Å²) in [6, 6.07) is 8.01. The number of imidazole rings is 1. The average molecular weight is 326 g/mol. The summed E-state index contributed by atoms with van der Waals surface area (Å²) >= 11 is 0. The van der Waals surface area contributed by atoms with Gasteiger partial charge in [-0.3, -0.25) is 9.69 Å². The molecule has 0 spiro atoms. The van der Waals surface area contributed by atoms with E-state index in [4.69, 9.17) is 0 Å². The van der Waals surface area contributed by atoms with Gasteiger partial charge < -0.3 is 9.88 Å². The third kappa shape index (κ3) is 3.51. The van der Waals surface area contributed by atoms with E-state index in [1.807, 2.05) is 44.4 Å². The molecule has 5 nitrogen and oxygen atoms in total. The fraction of sp³-hybridized carbons (Fsp3) is 0.474. The highest BCUT2D eigenvalue weighted by atomic mass is 16.2. The first-order valence-corrected chi connectivity index (χ1v) is 8.61. The molecule has 1 aliphatic heterocycles. The summed E-state index contributed by atoms with van der Waals surface area (Å²) in [5, 5.41) is 3.12. The number of amides is 1. The number of aryl methyl sites for hydroxylation is 1. The van der Waals surface area contributed by atoms with E-state index in [0.717, 1.165) is 44.1 Å². The number of nitrogens with zero attached hydrogens (tertiary/aromatic N) is 3. The van der Waals surface area contributed by atoms with Crippen LogP contribution < -0.4 is 5.32 Å². The zero-order valence-electron chi connectivity index (χ0n) is 14.7. The van der Waals surface area contributed by atoms with Gasteiger partial charge in [-0.2, -0.15) is 0 Å². The molecule has 5 heteroatoms. The van der Waals surface area contributed by atoms with Gasteiger partial charge in [0.25, 0.3) is 0 Å². The van der Waals surface area contributed by atoms with E-state index in [-0.39, 0.29) is 5.91 Å². The van der Waals surface area contributed by atoms with Crippen molar-refractivity contribution in [2.24, 2.45) is 5.41 Å². The molecule has 3 rings (SSSR count). The first-order valence-electron chi connectivity index (χ1n) is 8.61. The molecule has 0 radical (unpaired) electrons. The quantitative estimate of drug-likeness (QED) is 0.919. The minimum atomic E-state index is -0.463. The number of fused-ring (bicyclic) bond motifs is 1. The monoisotopic (exact) mass is 326 g/mol. The number of benzene rings is 1. The Balaban J connectivity index is 1.65. The third-order valence-electron chi connectivity index (χ3n) is 4.70. The fourth-order valence-electron chi connectivity index (χ4n) is 3.23. The van der Waals surface area contributed by atoms with Crippen LogP contribution >= 0.6 is 0 Å². The number of nitrogens with one attached hydrogen (secondary N) is 1. The maximum atomic E-state index is 12.8. The standard InChI is InChI=1S/C19H26N4O/c1-4-15-7-5-6-8-16(15)21-18(24)19(2,3)14-22-11-12-23-10-9-20-17(23)13-22/h5-10H,4,11-14H2,1-3H3,(H,21,24). The second-order valence-electron chi connectivity index (χ2n) is 7.10. The summed E-state index contributed by atoms with van der Waals surface area (Å²) in [6.45, 7) is 9.54. The Bertz CT molecular complexity index is 720. The molecule has 0 atom stereocenters. The molecule has 0 unspecified atom stereocenters. The Kier molecular flexibility index (Phi) is 4.71. The maximum Gasteiger partial charge on any atom is 0.231 e. The second-order valence-corrected chi connectivity index (χ2v) is 7.10. The van der Waals surface area contributed by atoms with Crippen LogP contribution in [0.5, 0.6) is 0 Å². The van der Waals surface area contributed by atoms with E-state index in [0.29, 0.717) is 0 Å². The molecule has 1 N–H and O–H groups in total. The van der Waals surface area contributed by atoms with Gasteiger partial charge in [0.05, 0.1) is 12.0 Å². The molecule has 1 aliphatic rings. The molecule has 2 heterocycles. The van der Waals surface area contributed by atoms with Gasteiger partial charge >= 0.3 is 0 Å². The van der Waals surface area contributed by atoms with Gasteiger partial charge in [0.15, 0.2) is 0 Å². The van der Waals surface area contributed by atoms with Gasteiger partial charge in [0, 0.05) is 37.7 Å². The van der Waals surface area contributed by atoms with Crippen molar-refractivity contribution >= 4 is 11.6 Å². The number of hydrogen-bond acceptors (Lipinski definition) is 3. The van der Waals surface area contributed by atoms with E-state index in [1.165, 1.54) is 5.56 Å². The number of carbonyl (C=O) groups excluding carboxylic acids is 1. The highest BCUT2D eigenvalue weighted by Crippen LogP contribution is 2.24. The van der Waals surface area contributed by atoms with Crippen LogP contribution in [-0.4, -0.2) is 33.4 Å². The molecular weight excluding hydrogens is 300 g/mol. The summed E-state index contributed by atoms with van der Waals surface area (Å²) < 4.78 is 2.18. The van der Waals surface area contributed by atoms with Crippen molar-refractivity contribution in [3.8, 4) is 0 Å². The van der Waals surface area contributed by atoms with Crippen molar-refractivity contribution < 1.29 is 4.79 Å². The van der Waals surface area contributed by atoms with Crippen molar-refractivity contribution in [1.29, 1.82) is 0 Å². The smallest absolute Gasteiger partial charge is 0.231 e. The molecule has 0 aliphatic carbocycles. The fourth-order valence-corrected chi connectivity index (χ4v) is 3.23. The Labute approximate surface area is 143 Å². The summed E-state index contributed by atoms with van der Waals surface area (Å²) in [7, 11) is 0. The highest BCUT2D eigenvalue weighted by molar-refractivity contribution is 5.95. The van der Waals surface area contributed by atoms with Crippen molar-refractivity contribution in [1.82, 2.24) is 14.5 Å². The second kappa shape index (κ2) is 6.77. The van der Waals surface area contributed by atoms with Crippen LogP contribution in [0.4, 0.5) is 5.69 Å². The van der Waals surface area contributed by atoms with Crippen LogP contribution in [0.3, 0.4) is 0 Å². The summed E-state index contributed by atoms with van der Waals surface area (Å²) in [4.78, 5) is 19.5. The molecule has 1 aromatic heterocycles. The van der Waals surface area contributed by atoms with Gasteiger partial charge in [-0.1, -0.05) is 25.1 Å². The van der Waals surface area contributed by atoms with Crippen LogP contribution in [0.2, 0.25) is 0 Å². The van der Waals surface area contributed by atoms with Crippen LogP contribution in [-0.2, 0) is 24.3 Å². The van der Waals surface area contributed by atoms with Crippen LogP contribution in [0.15, 0.2) is 36.7 Å². The van der Waals surface area contributed by atoms with Crippen molar-refractivity contribution in [3.63, 3.8) is 0 Å². The molecular formula is C19H26N4O. The summed E-state index contributed by atoms with van der Waals surface area (Å²) in [5.74, 6) is 1.14. The number of aromatic nitrogens is 2. The Morgan fingerprint density at radius 3 is 2.88 bits per heavy atom. The molecule has 0 bridgehead atoms. The van der Waals surface area contributed by atoms with Gasteiger partial charge in [-0.15, -0.1) is 0 Å². The first-order chi connectivity index (χ1) is 11.5. The largest absolute Gasteiger partial charge is 0.333 e. The minimum Gasteiger partial charge on any atom is -0.333 e. The van der Waals surface area contributed by atoms with Crippen molar-refractivity contribution in [3.05, 3.63) is 48.0 Å². The van der Waals surface area contributed by atoms with E-state index in [1.54, 1.807) is 0 Å². The third-order valence-corrected chi connectivity index (χ3v) is 4.70. The lowest BCUT2D eigenvalue weighted by Gasteiger charge is -2.34. The lowest BCUT2D eigenvalue weighted by Crippen LogP contribution is -2.44. The average Bonchev–Trinajstić information content (AvgIpc) is 3.02. The van der Waals surface area contributed by atoms with Crippen LogP contribution in [0.1, 0.15) is 32.2 Å². The van der Waals surface area contributed by atoms with Crippen LogP contribution in [0, 0.1) is 5.41 Å². The predicted octanol–water partition coefficient (Wildman–Crippen LogP) is 2.93. The number of hydrogen-bond donors (Lipinski definition) is 1. The Morgan fingerprint density at radius 1 is 1.29 bits per heavy atom. The molecule has 1 amide bonds. The van der Waals surface area contributed by atoms with Gasteiger partial charge in [0.1, 0.15) is 5.82 Å². The molecule has 0 fully saturated rings. The summed E-state index contributed by atoms with van der Waals surface area (Å²) in [5.41, 5.74) is 1.63. The van der Waals surface area contributed by atoms with E-state index < -0.39 is 5.41 Å². The molecule has 1 aromatic carbocycles. The molecule has 2 aromatic rings. The number of rotatable bonds is 5. The lowest BCUT2D eigenvalue weighted by molar-refractivity contribution is -0.125. The minimum absolute atomic E-state index is 0.0670. The predicted molar refractivity (Wildman–Crippen MR) is 95.7 cm³/mol. The zero-order valence-corrected chi connectivity index (χ0v) is 14.7. The van der Waals surface area contributed by atoms with Gasteiger partial charge in [-0.25, -0.2) is 4.98 Å². The zero-order chi connectivity index (χ0) is 17.2. The van der Waals surface area contributed by atoms with Gasteiger partial charge in [-0.05, 0) is 31.9 Å². The Morgan fingerprint density at radius 2 is 2.08 bits per heavy atom. The number of anilines is 1. The molecule has 24 heavy (non-hydrogen) atoms. The molecule has 0 saturated heterocycles.